The van der Waals surface area contributed by atoms with Gasteiger partial charge in [0, 0.05) is 12.9 Å². The molecule has 0 amide bonds. The minimum atomic E-state index is -3.30. The van der Waals surface area contributed by atoms with E-state index in [1.165, 1.54) is 6.26 Å². The van der Waals surface area contributed by atoms with E-state index in [-0.39, 0.29) is 17.0 Å². The van der Waals surface area contributed by atoms with Crippen molar-refractivity contribution in [2.45, 2.75) is 36.8 Å². The zero-order valence-corrected chi connectivity index (χ0v) is 13.6. The third kappa shape index (κ3) is 2.54. The molecule has 1 fully saturated rings. The van der Waals surface area contributed by atoms with Gasteiger partial charge < -0.3 is 14.3 Å². The molecule has 114 valence electrons. The summed E-state index contributed by atoms with van der Waals surface area (Å²) in [7, 11) is -3.30. The number of H-pyrrole nitrogens is 1. The SMILES string of the molecule is CC(C1CCCO1)n1c(=S)[nH]c2c(S(C)(=O)=O)cccc21. The Morgan fingerprint density at radius 1 is 1.48 bits per heavy atom. The van der Waals surface area contributed by atoms with Crippen LogP contribution in [0.5, 0.6) is 0 Å². The first-order valence-electron chi connectivity index (χ1n) is 6.94. The average Bonchev–Trinajstić information content (AvgIpc) is 3.02. The van der Waals surface area contributed by atoms with Crippen LogP contribution in [0.15, 0.2) is 23.1 Å². The van der Waals surface area contributed by atoms with Gasteiger partial charge in [0.25, 0.3) is 0 Å². The van der Waals surface area contributed by atoms with Crippen LogP contribution in [-0.2, 0) is 14.6 Å². The van der Waals surface area contributed by atoms with Gasteiger partial charge in [0.2, 0.25) is 0 Å². The molecule has 7 heteroatoms. The average molecular weight is 326 g/mol. The summed E-state index contributed by atoms with van der Waals surface area (Å²) in [5, 5.41) is 0. The van der Waals surface area contributed by atoms with Crippen molar-refractivity contribution in [3.8, 4) is 0 Å². The molecule has 21 heavy (non-hydrogen) atoms. The van der Waals surface area contributed by atoms with E-state index in [1.54, 1.807) is 12.1 Å². The van der Waals surface area contributed by atoms with Gasteiger partial charge in [-0.25, -0.2) is 8.42 Å². The summed E-state index contributed by atoms with van der Waals surface area (Å²) < 4.78 is 32.1. The molecule has 3 rings (SSSR count). The maximum Gasteiger partial charge on any atom is 0.178 e. The summed E-state index contributed by atoms with van der Waals surface area (Å²) in [6.07, 6.45) is 3.39. The third-order valence-electron chi connectivity index (χ3n) is 4.02. The van der Waals surface area contributed by atoms with Crippen molar-refractivity contribution in [2.75, 3.05) is 12.9 Å². The monoisotopic (exact) mass is 326 g/mol. The number of aromatic amines is 1. The molecule has 1 aliphatic heterocycles. The van der Waals surface area contributed by atoms with Crippen molar-refractivity contribution in [2.24, 2.45) is 0 Å². The fraction of sp³-hybridized carbons (Fsp3) is 0.500. The van der Waals surface area contributed by atoms with E-state index >= 15 is 0 Å². The molecule has 1 aromatic heterocycles. The highest BCUT2D eigenvalue weighted by Crippen LogP contribution is 2.30. The fourth-order valence-electron chi connectivity index (χ4n) is 2.99. The minimum absolute atomic E-state index is 0.0727. The number of aromatic nitrogens is 2. The highest BCUT2D eigenvalue weighted by atomic mass is 32.2. The normalized spacial score (nSPS) is 21.0. The molecule has 1 aromatic carbocycles. The molecule has 0 saturated carbocycles. The number of hydrogen-bond acceptors (Lipinski definition) is 4. The van der Waals surface area contributed by atoms with Gasteiger partial charge in [-0.2, -0.15) is 0 Å². The third-order valence-corrected chi connectivity index (χ3v) is 5.46. The van der Waals surface area contributed by atoms with Crippen LogP contribution in [0, 0.1) is 4.77 Å². The van der Waals surface area contributed by atoms with Gasteiger partial charge >= 0.3 is 0 Å². The van der Waals surface area contributed by atoms with E-state index in [0.717, 1.165) is 25.0 Å². The van der Waals surface area contributed by atoms with E-state index in [1.807, 2.05) is 10.6 Å². The lowest BCUT2D eigenvalue weighted by Crippen LogP contribution is -2.20. The van der Waals surface area contributed by atoms with Crippen LogP contribution >= 0.6 is 12.2 Å². The number of hydrogen-bond donors (Lipinski definition) is 1. The van der Waals surface area contributed by atoms with E-state index in [4.69, 9.17) is 17.0 Å². The second kappa shape index (κ2) is 5.23. The summed E-state index contributed by atoms with van der Waals surface area (Å²) in [5.41, 5.74) is 1.39. The fourth-order valence-corrected chi connectivity index (χ4v) is 4.20. The summed E-state index contributed by atoms with van der Waals surface area (Å²) in [6.45, 7) is 2.84. The highest BCUT2D eigenvalue weighted by Gasteiger charge is 2.26. The van der Waals surface area contributed by atoms with Crippen LogP contribution in [0.1, 0.15) is 25.8 Å². The summed E-state index contributed by atoms with van der Waals surface area (Å²) in [5.74, 6) is 0. The maximum absolute atomic E-state index is 11.9. The first-order valence-corrected chi connectivity index (χ1v) is 9.24. The molecule has 1 aliphatic rings. The van der Waals surface area contributed by atoms with Gasteiger partial charge in [0.1, 0.15) is 0 Å². The van der Waals surface area contributed by atoms with E-state index in [9.17, 15) is 8.42 Å². The number of fused-ring (bicyclic) bond motifs is 1. The Hall–Kier alpha value is -1.18. The van der Waals surface area contributed by atoms with Crippen molar-refractivity contribution in [1.29, 1.82) is 0 Å². The lowest BCUT2D eigenvalue weighted by atomic mass is 10.1. The Morgan fingerprint density at radius 3 is 2.86 bits per heavy atom. The van der Waals surface area contributed by atoms with Crippen molar-refractivity contribution in [3.63, 3.8) is 0 Å². The van der Waals surface area contributed by atoms with Crippen LogP contribution in [0.3, 0.4) is 0 Å². The number of ether oxygens (including phenoxy) is 1. The Bertz CT molecular complexity index is 830. The van der Waals surface area contributed by atoms with Crippen molar-refractivity contribution < 1.29 is 13.2 Å². The quantitative estimate of drug-likeness (QED) is 0.881. The maximum atomic E-state index is 11.9. The Balaban J connectivity index is 2.21. The van der Waals surface area contributed by atoms with Gasteiger partial charge in [-0.3, -0.25) is 0 Å². The van der Waals surface area contributed by atoms with Crippen LogP contribution in [0.4, 0.5) is 0 Å². The highest BCUT2D eigenvalue weighted by molar-refractivity contribution is 7.91. The standard InChI is InChI=1S/C14H18N2O3S2/c1-9(11-6-4-8-19-11)16-10-5-3-7-12(21(2,17)18)13(10)15-14(16)20/h3,5,7,9,11H,4,6,8H2,1-2H3,(H,15,20). The van der Waals surface area contributed by atoms with Crippen LogP contribution in [-0.4, -0.2) is 36.9 Å². The zero-order chi connectivity index (χ0) is 15.2. The van der Waals surface area contributed by atoms with Gasteiger partial charge in [0.15, 0.2) is 14.6 Å². The lowest BCUT2D eigenvalue weighted by molar-refractivity contribution is 0.0741. The number of benzene rings is 1. The molecular weight excluding hydrogens is 308 g/mol. The van der Waals surface area contributed by atoms with E-state index in [0.29, 0.717) is 10.3 Å². The first kappa shape index (κ1) is 14.7. The van der Waals surface area contributed by atoms with Crippen molar-refractivity contribution >= 4 is 33.1 Å². The molecule has 0 aliphatic carbocycles. The summed E-state index contributed by atoms with van der Waals surface area (Å²) >= 11 is 5.40. The molecule has 2 atom stereocenters. The van der Waals surface area contributed by atoms with Crippen LogP contribution < -0.4 is 0 Å². The summed E-state index contributed by atoms with van der Waals surface area (Å²) in [4.78, 5) is 3.33. The second-order valence-electron chi connectivity index (χ2n) is 5.51. The predicted octanol–water partition coefficient (Wildman–Crippen LogP) is 2.84. The van der Waals surface area contributed by atoms with Crippen LogP contribution in [0.25, 0.3) is 11.0 Å². The Labute approximate surface area is 128 Å². The topological polar surface area (TPSA) is 64.1 Å². The number of para-hydroxylation sites is 1. The van der Waals surface area contributed by atoms with E-state index in [2.05, 4.69) is 11.9 Å². The van der Waals surface area contributed by atoms with E-state index < -0.39 is 9.84 Å². The molecule has 5 nitrogen and oxygen atoms in total. The molecule has 1 saturated heterocycles. The van der Waals surface area contributed by atoms with Crippen molar-refractivity contribution in [1.82, 2.24) is 9.55 Å². The van der Waals surface area contributed by atoms with Gasteiger partial charge in [-0.1, -0.05) is 6.07 Å². The number of sulfone groups is 1. The first-order chi connectivity index (χ1) is 9.89. The molecule has 0 spiro atoms. The summed E-state index contributed by atoms with van der Waals surface area (Å²) in [6, 6.07) is 5.31. The number of imidazole rings is 1. The molecule has 0 bridgehead atoms. The van der Waals surface area contributed by atoms with Crippen molar-refractivity contribution in [3.05, 3.63) is 23.0 Å². The Kier molecular flexibility index (Phi) is 3.67. The smallest absolute Gasteiger partial charge is 0.178 e. The zero-order valence-electron chi connectivity index (χ0n) is 12.0. The largest absolute Gasteiger partial charge is 0.376 e. The van der Waals surface area contributed by atoms with Crippen LogP contribution in [0.2, 0.25) is 0 Å². The van der Waals surface area contributed by atoms with Gasteiger partial charge in [0.05, 0.1) is 28.1 Å². The number of rotatable bonds is 3. The molecule has 2 heterocycles. The molecule has 2 unspecified atom stereocenters. The van der Waals surface area contributed by atoms with Gasteiger partial charge in [-0.15, -0.1) is 0 Å². The Morgan fingerprint density at radius 2 is 2.24 bits per heavy atom. The predicted molar refractivity (Wildman–Crippen MR) is 83.9 cm³/mol. The number of nitrogens with one attached hydrogen (secondary N) is 1. The second-order valence-corrected chi connectivity index (χ2v) is 7.89. The molecule has 2 aromatic rings. The molecule has 0 radical (unpaired) electrons. The molecule has 1 N–H and O–H groups in total. The minimum Gasteiger partial charge on any atom is -0.376 e. The molecular formula is C14H18N2O3S2. The van der Waals surface area contributed by atoms with Gasteiger partial charge in [-0.05, 0) is 44.1 Å². The lowest BCUT2D eigenvalue weighted by Gasteiger charge is -2.21. The number of nitrogens with zero attached hydrogens (tertiary/aromatic N) is 1.